The van der Waals surface area contributed by atoms with Crippen molar-refractivity contribution in [3.8, 4) is 5.88 Å². The number of aromatic nitrogens is 2. The first kappa shape index (κ1) is 16.1. The number of hydrogen-bond donors (Lipinski definition) is 1. The lowest BCUT2D eigenvalue weighted by atomic mass is 10.4. The highest BCUT2D eigenvalue weighted by atomic mass is 16.6. The van der Waals surface area contributed by atoms with Crippen LogP contribution < -0.4 is 10.1 Å². The molecule has 0 fully saturated rings. The lowest BCUT2D eigenvalue weighted by Gasteiger charge is -2.10. The summed E-state index contributed by atoms with van der Waals surface area (Å²) in [5, 5.41) is 14.1. The van der Waals surface area contributed by atoms with Crippen molar-refractivity contribution in [2.24, 2.45) is 0 Å². The number of nitrogens with zero attached hydrogens (tertiary/aromatic N) is 3. The zero-order chi connectivity index (χ0) is 15.0. The van der Waals surface area contributed by atoms with E-state index in [1.807, 2.05) is 6.92 Å². The molecule has 1 aromatic heterocycles. The highest BCUT2D eigenvalue weighted by molar-refractivity contribution is 5.61. The first-order valence-corrected chi connectivity index (χ1v) is 6.57. The van der Waals surface area contributed by atoms with Gasteiger partial charge in [0.2, 0.25) is 5.82 Å². The van der Waals surface area contributed by atoms with Crippen LogP contribution in [0.1, 0.15) is 26.1 Å². The quantitative estimate of drug-likeness (QED) is 0.420. The zero-order valence-electron chi connectivity index (χ0n) is 12.0. The first-order valence-electron chi connectivity index (χ1n) is 6.57. The maximum atomic E-state index is 11.1. The van der Waals surface area contributed by atoms with Gasteiger partial charge in [-0.2, -0.15) is 4.98 Å². The summed E-state index contributed by atoms with van der Waals surface area (Å²) in [4.78, 5) is 18.6. The van der Waals surface area contributed by atoms with Crippen molar-refractivity contribution in [2.45, 2.75) is 27.2 Å². The Labute approximate surface area is 117 Å². The average molecular weight is 284 g/mol. The lowest BCUT2D eigenvalue weighted by Crippen LogP contribution is -2.12. The van der Waals surface area contributed by atoms with Crippen LogP contribution in [0.4, 0.5) is 11.5 Å². The lowest BCUT2D eigenvalue weighted by molar-refractivity contribution is -0.385. The molecule has 20 heavy (non-hydrogen) atoms. The number of nitrogens with one attached hydrogen (secondary N) is 1. The molecule has 0 aliphatic rings. The van der Waals surface area contributed by atoms with Crippen molar-refractivity contribution in [3.05, 3.63) is 15.9 Å². The van der Waals surface area contributed by atoms with E-state index in [0.29, 0.717) is 32.2 Å². The minimum absolute atomic E-state index is 0.00249. The average Bonchev–Trinajstić information content (AvgIpc) is 2.38. The predicted octanol–water partition coefficient (Wildman–Crippen LogP) is 1.93. The number of nitro groups is 1. The number of rotatable bonds is 9. The second kappa shape index (κ2) is 8.26. The Morgan fingerprint density at radius 2 is 2.05 bits per heavy atom. The van der Waals surface area contributed by atoms with Crippen LogP contribution in [0.5, 0.6) is 5.88 Å². The molecule has 1 N–H and O–H groups in total. The highest BCUT2D eigenvalue weighted by Crippen LogP contribution is 2.31. The smallest absolute Gasteiger partial charge is 0.372 e. The minimum atomic E-state index is -0.532. The van der Waals surface area contributed by atoms with Gasteiger partial charge in [-0.25, -0.2) is 4.98 Å². The van der Waals surface area contributed by atoms with Gasteiger partial charge in [-0.3, -0.25) is 10.1 Å². The van der Waals surface area contributed by atoms with Gasteiger partial charge < -0.3 is 14.8 Å². The van der Waals surface area contributed by atoms with Crippen LogP contribution in [-0.4, -0.2) is 41.3 Å². The van der Waals surface area contributed by atoms with Crippen LogP contribution in [0.2, 0.25) is 0 Å². The number of anilines is 1. The molecule has 1 heterocycles. The summed E-state index contributed by atoms with van der Waals surface area (Å²) in [5.41, 5.74) is -0.228. The monoisotopic (exact) mass is 284 g/mol. The fraction of sp³-hybridized carbons (Fsp3) is 0.667. The molecule has 0 unspecified atom stereocenters. The zero-order valence-corrected chi connectivity index (χ0v) is 12.0. The molecule has 0 bridgehead atoms. The summed E-state index contributed by atoms with van der Waals surface area (Å²) in [6.45, 7) is 7.42. The van der Waals surface area contributed by atoms with E-state index < -0.39 is 4.92 Å². The van der Waals surface area contributed by atoms with E-state index in [2.05, 4.69) is 15.3 Å². The second-order valence-corrected chi connectivity index (χ2v) is 3.94. The minimum Gasteiger partial charge on any atom is -0.473 e. The van der Waals surface area contributed by atoms with Crippen molar-refractivity contribution in [1.29, 1.82) is 0 Å². The molecule has 0 amide bonds. The van der Waals surface area contributed by atoms with E-state index in [1.165, 1.54) is 0 Å². The third kappa shape index (κ3) is 4.61. The van der Waals surface area contributed by atoms with Crippen LogP contribution in [-0.2, 0) is 4.74 Å². The number of ether oxygens (including phenoxy) is 2. The fourth-order valence-electron chi connectivity index (χ4n) is 1.59. The molecule has 0 aliphatic carbocycles. The van der Waals surface area contributed by atoms with Gasteiger partial charge in [-0.1, -0.05) is 0 Å². The molecule has 0 aromatic carbocycles. The Hall–Kier alpha value is -1.96. The van der Waals surface area contributed by atoms with Gasteiger partial charge in [0.1, 0.15) is 5.82 Å². The van der Waals surface area contributed by atoms with Gasteiger partial charge >= 0.3 is 5.69 Å². The summed E-state index contributed by atoms with van der Waals surface area (Å²) >= 11 is 0. The van der Waals surface area contributed by atoms with E-state index in [4.69, 9.17) is 9.47 Å². The molecule has 0 spiro atoms. The molecule has 0 radical (unpaired) electrons. The molecular formula is C12H20N4O4. The summed E-state index contributed by atoms with van der Waals surface area (Å²) in [5.74, 6) is 0.603. The van der Waals surface area contributed by atoms with Gasteiger partial charge in [0, 0.05) is 19.8 Å². The van der Waals surface area contributed by atoms with Crippen molar-refractivity contribution >= 4 is 11.5 Å². The van der Waals surface area contributed by atoms with E-state index in [-0.39, 0.29) is 17.4 Å². The van der Waals surface area contributed by atoms with E-state index in [0.717, 1.165) is 6.42 Å². The van der Waals surface area contributed by atoms with Crippen molar-refractivity contribution < 1.29 is 14.4 Å². The Kier molecular flexibility index (Phi) is 6.65. The van der Waals surface area contributed by atoms with Gasteiger partial charge in [0.25, 0.3) is 5.88 Å². The summed E-state index contributed by atoms with van der Waals surface area (Å²) in [6, 6.07) is 0. The molecule has 0 atom stereocenters. The first-order chi connectivity index (χ1) is 9.60. The molecule has 8 heteroatoms. The number of hydrogen-bond acceptors (Lipinski definition) is 7. The van der Waals surface area contributed by atoms with Crippen LogP contribution in [0, 0.1) is 17.0 Å². The second-order valence-electron chi connectivity index (χ2n) is 3.94. The highest BCUT2D eigenvalue weighted by Gasteiger charge is 2.25. The van der Waals surface area contributed by atoms with Gasteiger partial charge in [0.05, 0.1) is 11.5 Å². The third-order valence-electron chi connectivity index (χ3n) is 2.39. The largest absolute Gasteiger partial charge is 0.473 e. The summed E-state index contributed by atoms with van der Waals surface area (Å²) < 4.78 is 10.4. The SMILES string of the molecule is CCOCCCNc1nc(C)nc(OCC)c1[N+](=O)[O-]. The number of aryl methyl sites for hydroxylation is 1. The van der Waals surface area contributed by atoms with Crippen molar-refractivity contribution in [2.75, 3.05) is 31.7 Å². The predicted molar refractivity (Wildman–Crippen MR) is 74.2 cm³/mol. The molecule has 1 aromatic rings. The van der Waals surface area contributed by atoms with Crippen LogP contribution in [0.25, 0.3) is 0 Å². The van der Waals surface area contributed by atoms with E-state index in [1.54, 1.807) is 13.8 Å². The van der Waals surface area contributed by atoms with E-state index >= 15 is 0 Å². The normalized spacial score (nSPS) is 10.3. The molecule has 112 valence electrons. The summed E-state index contributed by atoms with van der Waals surface area (Å²) in [7, 11) is 0. The van der Waals surface area contributed by atoms with Crippen LogP contribution >= 0.6 is 0 Å². The Morgan fingerprint density at radius 1 is 1.30 bits per heavy atom. The van der Waals surface area contributed by atoms with Gasteiger partial charge in [-0.15, -0.1) is 0 Å². The fourth-order valence-corrected chi connectivity index (χ4v) is 1.59. The van der Waals surface area contributed by atoms with Gasteiger partial charge in [0.15, 0.2) is 0 Å². The van der Waals surface area contributed by atoms with Gasteiger partial charge in [-0.05, 0) is 27.2 Å². The molecule has 0 aliphatic heterocycles. The Morgan fingerprint density at radius 3 is 2.65 bits per heavy atom. The topological polar surface area (TPSA) is 99.4 Å². The maximum absolute atomic E-state index is 11.1. The van der Waals surface area contributed by atoms with Crippen LogP contribution in [0.3, 0.4) is 0 Å². The molecular weight excluding hydrogens is 264 g/mol. The maximum Gasteiger partial charge on any atom is 0.372 e. The molecule has 0 saturated heterocycles. The van der Waals surface area contributed by atoms with Crippen molar-refractivity contribution in [1.82, 2.24) is 9.97 Å². The molecule has 0 saturated carbocycles. The molecule has 8 nitrogen and oxygen atoms in total. The third-order valence-corrected chi connectivity index (χ3v) is 2.39. The standard InChI is InChI=1S/C12H20N4O4/c1-4-19-8-6-7-13-11-10(16(17)18)12(20-5-2)15-9(3)14-11/h4-8H2,1-3H3,(H,13,14,15). The van der Waals surface area contributed by atoms with E-state index in [9.17, 15) is 10.1 Å². The molecule has 1 rings (SSSR count). The van der Waals surface area contributed by atoms with Crippen molar-refractivity contribution in [3.63, 3.8) is 0 Å². The Bertz CT molecular complexity index is 453. The summed E-state index contributed by atoms with van der Waals surface area (Å²) in [6.07, 6.45) is 0.734. The van der Waals surface area contributed by atoms with Crippen LogP contribution in [0.15, 0.2) is 0 Å². The Balaban J connectivity index is 2.84.